The van der Waals surface area contributed by atoms with Crippen LogP contribution in [0.15, 0.2) is 84.9 Å². The van der Waals surface area contributed by atoms with Crippen LogP contribution in [0.3, 0.4) is 0 Å². The molecule has 5 aliphatic rings. The van der Waals surface area contributed by atoms with Crippen molar-refractivity contribution in [2.75, 3.05) is 6.54 Å². The molecule has 8 nitrogen and oxygen atoms in total. The number of ether oxygens (including phenoxy) is 2. The van der Waals surface area contributed by atoms with Crippen LogP contribution in [0, 0.1) is 23.2 Å². The van der Waals surface area contributed by atoms with Gasteiger partial charge in [-0.25, -0.2) is 4.79 Å². The van der Waals surface area contributed by atoms with Gasteiger partial charge < -0.3 is 19.4 Å². The van der Waals surface area contributed by atoms with Crippen molar-refractivity contribution in [2.24, 2.45) is 23.2 Å². The molecule has 4 aliphatic carbocycles. The number of aromatic nitrogens is 1. The van der Waals surface area contributed by atoms with E-state index in [1.165, 1.54) is 44.1 Å². The number of hydrogen-bond donors (Lipinski definition) is 1. The molecule has 1 aromatic heterocycles. The Balaban J connectivity index is 1.19. The van der Waals surface area contributed by atoms with Crippen LogP contribution in [-0.2, 0) is 38.6 Å². The molecule has 0 spiro atoms. The van der Waals surface area contributed by atoms with Crippen LogP contribution >= 0.6 is 0 Å². The lowest BCUT2D eigenvalue weighted by Crippen LogP contribution is -2.57. The third kappa shape index (κ3) is 6.96. The zero-order valence-electron chi connectivity index (χ0n) is 30.7. The lowest BCUT2D eigenvalue weighted by atomic mass is 9.48. The van der Waals surface area contributed by atoms with E-state index >= 15 is 0 Å². The molecule has 52 heavy (non-hydrogen) atoms. The van der Waals surface area contributed by atoms with Crippen molar-refractivity contribution in [3.05, 3.63) is 107 Å². The zero-order chi connectivity index (χ0) is 36.0. The summed E-state index contributed by atoms with van der Waals surface area (Å²) in [6, 6.07) is 27.1. The number of nitrogens with one attached hydrogen (secondary N) is 1. The molecule has 2 amide bonds. The van der Waals surface area contributed by atoms with Crippen molar-refractivity contribution >= 4 is 28.9 Å². The highest BCUT2D eigenvalue weighted by atomic mass is 16.6. The summed E-state index contributed by atoms with van der Waals surface area (Å²) in [5.74, 6) is 1.31. The lowest BCUT2D eigenvalue weighted by molar-refractivity contribution is -0.145. The van der Waals surface area contributed by atoms with Crippen LogP contribution in [0.1, 0.15) is 94.1 Å². The van der Waals surface area contributed by atoms with Gasteiger partial charge >= 0.3 is 12.1 Å². The molecule has 272 valence electrons. The van der Waals surface area contributed by atoms with Crippen LogP contribution in [0.4, 0.5) is 4.79 Å². The van der Waals surface area contributed by atoms with Crippen molar-refractivity contribution in [3.63, 3.8) is 0 Å². The minimum absolute atomic E-state index is 0.102. The van der Waals surface area contributed by atoms with Crippen molar-refractivity contribution < 1.29 is 23.9 Å². The maximum absolute atomic E-state index is 14.6. The summed E-state index contributed by atoms with van der Waals surface area (Å²) in [6.07, 6.45) is 8.12. The molecule has 8 heteroatoms. The van der Waals surface area contributed by atoms with E-state index in [1.807, 2.05) is 57.2 Å². The zero-order valence-corrected chi connectivity index (χ0v) is 30.7. The number of hydrogen-bond acceptors (Lipinski definition) is 5. The number of benzene rings is 3. The van der Waals surface area contributed by atoms with Gasteiger partial charge in [0.25, 0.3) is 0 Å². The molecule has 2 atom stereocenters. The predicted molar refractivity (Wildman–Crippen MR) is 200 cm³/mol. The molecule has 3 aromatic carbocycles. The smallest absolute Gasteiger partial charge is 0.411 e. The van der Waals surface area contributed by atoms with Gasteiger partial charge in [-0.15, -0.1) is 0 Å². The first kappa shape index (κ1) is 34.5. The number of para-hydroxylation sites is 1. The van der Waals surface area contributed by atoms with Crippen molar-refractivity contribution in [3.8, 4) is 0 Å². The van der Waals surface area contributed by atoms with Gasteiger partial charge in [-0.3, -0.25) is 14.5 Å². The van der Waals surface area contributed by atoms with Gasteiger partial charge in [0.05, 0.1) is 6.04 Å². The van der Waals surface area contributed by atoms with Crippen LogP contribution in [-0.4, -0.2) is 45.6 Å². The summed E-state index contributed by atoms with van der Waals surface area (Å²) in [4.78, 5) is 43.7. The van der Waals surface area contributed by atoms with E-state index in [9.17, 15) is 14.4 Å². The van der Waals surface area contributed by atoms with Crippen LogP contribution in [0.5, 0.6) is 0 Å². The number of fused-ring (bicyclic) bond motifs is 3. The molecular weight excluding hydrogens is 651 g/mol. The number of carbonyl (C=O) groups is 3. The summed E-state index contributed by atoms with van der Waals surface area (Å²) < 4.78 is 14.1. The summed E-state index contributed by atoms with van der Waals surface area (Å²) >= 11 is 0. The van der Waals surface area contributed by atoms with Crippen LogP contribution < -0.4 is 5.32 Å². The highest BCUT2D eigenvalue weighted by Crippen LogP contribution is 2.63. The summed E-state index contributed by atoms with van der Waals surface area (Å²) in [7, 11) is 0. The van der Waals surface area contributed by atoms with Crippen molar-refractivity contribution in [1.29, 1.82) is 0 Å². The van der Waals surface area contributed by atoms with Crippen molar-refractivity contribution in [2.45, 2.75) is 103 Å². The normalized spacial score (nSPS) is 26.2. The Bertz CT molecular complexity index is 1910. The molecule has 1 aliphatic heterocycles. The standard InChI is InChI=1S/C44H51N3O5/c1-43(2,3)52-42(50)47-37(41(49)45-26-39(48)51-28-30-14-8-5-9-15-30)21-35-34-16-10-11-17-36(34)46(27-29-12-6-4-7-13-29)40(35)38(47)25-44-22-31-18-32(23-44)20-33(19-31)24-44/h4-17,31-33,37-38H,18-28H2,1-3H3,(H,45,49)/t31?,32?,33?,37-,38+,44?/m0/s1. The monoisotopic (exact) mass is 701 g/mol. The topological polar surface area (TPSA) is 89.9 Å². The molecule has 4 bridgehead atoms. The van der Waals surface area contributed by atoms with E-state index in [4.69, 9.17) is 9.47 Å². The Hall–Kier alpha value is -4.59. The second-order valence-electron chi connectivity index (χ2n) is 17.1. The fourth-order valence-corrected chi connectivity index (χ4v) is 10.6. The first-order valence-electron chi connectivity index (χ1n) is 19.2. The molecule has 0 saturated heterocycles. The van der Waals surface area contributed by atoms with Gasteiger partial charge in [0, 0.05) is 29.6 Å². The van der Waals surface area contributed by atoms with E-state index in [-0.39, 0.29) is 30.5 Å². The molecule has 0 unspecified atom stereocenters. The highest BCUT2D eigenvalue weighted by molar-refractivity contribution is 5.92. The molecule has 4 aromatic rings. The van der Waals surface area contributed by atoms with E-state index in [0.29, 0.717) is 13.0 Å². The third-order valence-corrected chi connectivity index (χ3v) is 12.0. The molecule has 1 N–H and O–H groups in total. The van der Waals surface area contributed by atoms with E-state index in [1.54, 1.807) is 4.90 Å². The summed E-state index contributed by atoms with van der Waals surface area (Å²) in [5.41, 5.74) is 4.70. The number of nitrogens with zero attached hydrogens (tertiary/aromatic N) is 2. The van der Waals surface area contributed by atoms with Gasteiger partial charge in [-0.1, -0.05) is 78.9 Å². The average molecular weight is 702 g/mol. The van der Waals surface area contributed by atoms with E-state index in [0.717, 1.165) is 51.9 Å². The molecule has 4 fully saturated rings. The SMILES string of the molecule is CC(C)(C)OC(=O)N1[C@H](CC23CC4CC(CC(C4)C2)C3)c2c(c3ccccc3n2Cc2ccccc2)C[C@H]1C(=O)NCC(=O)OCc1ccccc1. The predicted octanol–water partition coefficient (Wildman–Crippen LogP) is 8.36. The fraction of sp³-hybridized carbons (Fsp3) is 0.477. The molecule has 2 heterocycles. The van der Waals surface area contributed by atoms with Crippen LogP contribution in [0.2, 0.25) is 0 Å². The number of rotatable bonds is 9. The number of carbonyl (C=O) groups excluding carboxylic acids is 3. The van der Waals surface area contributed by atoms with E-state index < -0.39 is 23.7 Å². The summed E-state index contributed by atoms with van der Waals surface area (Å²) in [6.45, 7) is 6.11. The minimum atomic E-state index is -0.862. The van der Waals surface area contributed by atoms with Gasteiger partial charge in [0.1, 0.15) is 24.8 Å². The van der Waals surface area contributed by atoms with Crippen molar-refractivity contribution in [1.82, 2.24) is 14.8 Å². The Labute approximate surface area is 306 Å². The maximum atomic E-state index is 14.6. The minimum Gasteiger partial charge on any atom is -0.460 e. The van der Waals surface area contributed by atoms with Gasteiger partial charge in [-0.05, 0) is 112 Å². The first-order valence-corrected chi connectivity index (χ1v) is 19.2. The average Bonchev–Trinajstić information content (AvgIpc) is 3.42. The van der Waals surface area contributed by atoms with Gasteiger partial charge in [0.15, 0.2) is 0 Å². The first-order chi connectivity index (χ1) is 25.0. The summed E-state index contributed by atoms with van der Waals surface area (Å²) in [5, 5.41) is 3.98. The highest BCUT2D eigenvalue weighted by Gasteiger charge is 2.55. The molecule has 0 radical (unpaired) electrons. The number of amides is 2. The van der Waals surface area contributed by atoms with Gasteiger partial charge in [0.2, 0.25) is 5.91 Å². The molecule has 9 rings (SSSR count). The Morgan fingerprint density at radius 1 is 0.808 bits per heavy atom. The molecule has 4 saturated carbocycles. The second kappa shape index (κ2) is 13.8. The lowest BCUT2D eigenvalue weighted by Gasteiger charge is -2.58. The van der Waals surface area contributed by atoms with Crippen LogP contribution in [0.25, 0.3) is 10.9 Å². The quantitative estimate of drug-likeness (QED) is 0.177. The Kier molecular flexibility index (Phi) is 9.12. The van der Waals surface area contributed by atoms with E-state index in [2.05, 4.69) is 58.4 Å². The maximum Gasteiger partial charge on any atom is 0.411 e. The number of esters is 1. The molecular formula is C44H51N3O5. The van der Waals surface area contributed by atoms with Gasteiger partial charge in [-0.2, -0.15) is 0 Å². The Morgan fingerprint density at radius 3 is 2.04 bits per heavy atom. The largest absolute Gasteiger partial charge is 0.460 e. The second-order valence-corrected chi connectivity index (χ2v) is 17.1. The fourth-order valence-electron chi connectivity index (χ4n) is 10.6. The third-order valence-electron chi connectivity index (χ3n) is 12.0. The Morgan fingerprint density at radius 2 is 1.40 bits per heavy atom.